The van der Waals surface area contributed by atoms with Crippen LogP contribution in [0.3, 0.4) is 0 Å². The second-order valence-electron chi connectivity index (χ2n) is 4.12. The molecule has 0 aliphatic carbocycles. The van der Waals surface area contributed by atoms with Gasteiger partial charge < -0.3 is 14.6 Å². The molecule has 0 unspecified atom stereocenters. The van der Waals surface area contributed by atoms with Gasteiger partial charge in [0.05, 0.1) is 17.0 Å². The van der Waals surface area contributed by atoms with Gasteiger partial charge in [0.2, 0.25) is 0 Å². The third-order valence-corrected chi connectivity index (χ3v) is 3.82. The summed E-state index contributed by atoms with van der Waals surface area (Å²) in [5.41, 5.74) is 0.420. The fourth-order valence-electron chi connectivity index (χ4n) is 1.57. The number of esters is 1. The van der Waals surface area contributed by atoms with Crippen LogP contribution >= 0.6 is 23.5 Å². The largest absolute Gasteiger partial charge is 0.507 e. The lowest BCUT2D eigenvalue weighted by molar-refractivity contribution is 0.0597. The van der Waals surface area contributed by atoms with E-state index in [2.05, 4.69) is 9.46 Å². The Hall–Kier alpha value is -1.99. The number of benzene rings is 2. The monoisotopic (exact) mass is 345 g/mol. The van der Waals surface area contributed by atoms with Gasteiger partial charge in [0.1, 0.15) is 22.9 Å². The van der Waals surface area contributed by atoms with E-state index >= 15 is 0 Å². The number of hydrogen-bond donors (Lipinski definition) is 2. The Bertz CT molecular complexity index is 727. The zero-order valence-electron chi connectivity index (χ0n) is 11.2. The first-order chi connectivity index (χ1) is 10.4. The topological polar surface area (TPSA) is 58.6 Å². The Balaban J connectivity index is 2.14. The van der Waals surface area contributed by atoms with E-state index in [0.717, 1.165) is 18.0 Å². The van der Waals surface area contributed by atoms with Gasteiger partial charge in [-0.15, -0.1) is 0 Å². The molecular formula is C14H10ClF2NO3S. The number of halogens is 3. The Morgan fingerprint density at radius 3 is 2.64 bits per heavy atom. The Labute approximate surface area is 134 Å². The number of rotatable bonds is 4. The van der Waals surface area contributed by atoms with Gasteiger partial charge in [-0.05, 0) is 30.1 Å². The van der Waals surface area contributed by atoms with E-state index in [1.54, 1.807) is 0 Å². The van der Waals surface area contributed by atoms with Crippen molar-refractivity contribution < 1.29 is 23.4 Å². The fraction of sp³-hybridized carbons (Fsp3) is 0.0714. The summed E-state index contributed by atoms with van der Waals surface area (Å²) in [5.74, 6) is -2.57. The van der Waals surface area contributed by atoms with Gasteiger partial charge in [0.25, 0.3) is 0 Å². The molecule has 0 aromatic heterocycles. The molecule has 2 aromatic rings. The maximum Gasteiger partial charge on any atom is 0.341 e. The van der Waals surface area contributed by atoms with Crippen LogP contribution in [0.25, 0.3) is 0 Å². The zero-order valence-corrected chi connectivity index (χ0v) is 12.8. The van der Waals surface area contributed by atoms with Gasteiger partial charge in [-0.1, -0.05) is 11.6 Å². The molecule has 0 saturated carbocycles. The van der Waals surface area contributed by atoms with Crippen molar-refractivity contribution in [1.29, 1.82) is 0 Å². The van der Waals surface area contributed by atoms with Crippen molar-refractivity contribution in [2.45, 2.75) is 4.90 Å². The van der Waals surface area contributed by atoms with Crippen LogP contribution in [-0.2, 0) is 4.74 Å². The second kappa shape index (κ2) is 6.85. The minimum atomic E-state index is -0.844. The number of hydrogen-bond acceptors (Lipinski definition) is 5. The van der Waals surface area contributed by atoms with E-state index in [4.69, 9.17) is 11.6 Å². The van der Waals surface area contributed by atoms with Crippen molar-refractivity contribution in [3.8, 4) is 5.75 Å². The van der Waals surface area contributed by atoms with Crippen LogP contribution in [0.2, 0.25) is 5.02 Å². The van der Waals surface area contributed by atoms with Crippen molar-refractivity contribution >= 4 is 35.2 Å². The molecule has 0 amide bonds. The average molecular weight is 346 g/mol. The summed E-state index contributed by atoms with van der Waals surface area (Å²) in [6.45, 7) is 0. The Morgan fingerprint density at radius 2 is 2.00 bits per heavy atom. The minimum absolute atomic E-state index is 0.00839. The molecule has 0 fully saturated rings. The van der Waals surface area contributed by atoms with Crippen LogP contribution in [0.1, 0.15) is 10.4 Å². The SMILES string of the molecule is COC(=O)c1ccc(NSc2cc(Cl)c(F)cc2F)cc1O. The molecular weight excluding hydrogens is 336 g/mol. The van der Waals surface area contributed by atoms with Crippen LogP contribution in [0.15, 0.2) is 35.2 Å². The molecule has 2 rings (SSSR count). The third kappa shape index (κ3) is 3.61. The number of carbonyl (C=O) groups is 1. The molecule has 2 N–H and O–H groups in total. The normalized spacial score (nSPS) is 10.4. The molecule has 22 heavy (non-hydrogen) atoms. The summed E-state index contributed by atoms with van der Waals surface area (Å²) in [6, 6.07) is 5.97. The van der Waals surface area contributed by atoms with Gasteiger partial charge in [0.15, 0.2) is 0 Å². The molecule has 0 saturated heterocycles. The van der Waals surface area contributed by atoms with E-state index in [1.807, 2.05) is 0 Å². The van der Waals surface area contributed by atoms with E-state index < -0.39 is 17.6 Å². The highest BCUT2D eigenvalue weighted by atomic mass is 35.5. The van der Waals surface area contributed by atoms with Gasteiger partial charge in [-0.25, -0.2) is 13.6 Å². The predicted molar refractivity (Wildman–Crippen MR) is 80.3 cm³/mol. The first-order valence-electron chi connectivity index (χ1n) is 5.91. The van der Waals surface area contributed by atoms with E-state index in [9.17, 15) is 18.7 Å². The lowest BCUT2D eigenvalue weighted by atomic mass is 10.2. The third-order valence-electron chi connectivity index (χ3n) is 2.66. The molecule has 0 heterocycles. The van der Waals surface area contributed by atoms with Crippen LogP contribution in [-0.4, -0.2) is 18.2 Å². The summed E-state index contributed by atoms with van der Waals surface area (Å²) in [7, 11) is 1.20. The van der Waals surface area contributed by atoms with Gasteiger partial charge in [0, 0.05) is 17.8 Å². The number of anilines is 1. The fourth-order valence-corrected chi connectivity index (χ4v) is 2.49. The highest BCUT2D eigenvalue weighted by Gasteiger charge is 2.13. The van der Waals surface area contributed by atoms with Crippen molar-refractivity contribution in [3.05, 3.63) is 52.6 Å². The molecule has 0 aliphatic heterocycles. The highest BCUT2D eigenvalue weighted by molar-refractivity contribution is 8.00. The summed E-state index contributed by atoms with van der Waals surface area (Å²) in [5, 5.41) is 9.53. The van der Waals surface area contributed by atoms with E-state index in [0.29, 0.717) is 11.8 Å². The lowest BCUT2D eigenvalue weighted by Crippen LogP contribution is -2.01. The zero-order chi connectivity index (χ0) is 16.3. The highest BCUT2D eigenvalue weighted by Crippen LogP contribution is 2.30. The molecule has 0 bridgehead atoms. The predicted octanol–water partition coefficient (Wildman–Crippen LogP) is 4.23. The standard InChI is InChI=1S/C14H10ClF2NO3S/c1-21-14(20)8-3-2-7(4-12(8)19)18-22-13-5-9(15)10(16)6-11(13)17/h2-6,18-19H,1H3. The number of phenols is 1. The maximum atomic E-state index is 13.6. The van der Waals surface area contributed by atoms with Gasteiger partial charge in [-0.2, -0.15) is 0 Å². The lowest BCUT2D eigenvalue weighted by Gasteiger charge is -2.09. The molecule has 0 radical (unpaired) electrons. The summed E-state index contributed by atoms with van der Waals surface area (Å²) < 4.78 is 33.9. The Morgan fingerprint density at radius 1 is 1.27 bits per heavy atom. The smallest absolute Gasteiger partial charge is 0.341 e. The van der Waals surface area contributed by atoms with Crippen LogP contribution in [0.5, 0.6) is 5.75 Å². The summed E-state index contributed by atoms with van der Waals surface area (Å²) in [6.07, 6.45) is 0. The number of ether oxygens (including phenoxy) is 1. The number of methoxy groups -OCH3 is 1. The first-order valence-corrected chi connectivity index (χ1v) is 7.10. The summed E-state index contributed by atoms with van der Waals surface area (Å²) >= 11 is 6.44. The number of nitrogens with one attached hydrogen (secondary N) is 1. The number of carbonyl (C=O) groups excluding carboxylic acids is 1. The molecule has 0 spiro atoms. The van der Waals surface area contributed by atoms with Crippen LogP contribution in [0.4, 0.5) is 14.5 Å². The molecule has 8 heteroatoms. The molecule has 0 aliphatic rings. The first kappa shape index (κ1) is 16.4. The maximum absolute atomic E-state index is 13.6. The van der Waals surface area contributed by atoms with E-state index in [1.165, 1.54) is 25.3 Å². The number of aromatic hydroxyl groups is 1. The minimum Gasteiger partial charge on any atom is -0.507 e. The van der Waals surface area contributed by atoms with Crippen LogP contribution < -0.4 is 4.72 Å². The van der Waals surface area contributed by atoms with Crippen molar-refractivity contribution in [3.63, 3.8) is 0 Å². The van der Waals surface area contributed by atoms with Crippen LogP contribution in [0, 0.1) is 11.6 Å². The summed E-state index contributed by atoms with van der Waals surface area (Å²) in [4.78, 5) is 11.4. The molecule has 116 valence electrons. The molecule has 2 aromatic carbocycles. The van der Waals surface area contributed by atoms with Crippen molar-refractivity contribution in [2.75, 3.05) is 11.8 Å². The molecule has 0 atom stereocenters. The average Bonchev–Trinajstić information content (AvgIpc) is 2.49. The van der Waals surface area contributed by atoms with E-state index in [-0.39, 0.29) is 21.2 Å². The van der Waals surface area contributed by atoms with Gasteiger partial charge >= 0.3 is 5.97 Å². The van der Waals surface area contributed by atoms with Crippen molar-refractivity contribution in [1.82, 2.24) is 0 Å². The van der Waals surface area contributed by atoms with Gasteiger partial charge in [-0.3, -0.25) is 0 Å². The Kier molecular flexibility index (Phi) is 5.10. The number of phenolic OH excluding ortho intramolecular Hbond substituents is 1. The van der Waals surface area contributed by atoms with Crippen molar-refractivity contribution in [2.24, 2.45) is 0 Å². The second-order valence-corrected chi connectivity index (χ2v) is 5.38. The molecule has 4 nitrogen and oxygen atoms in total. The quantitative estimate of drug-likeness (QED) is 0.493.